The van der Waals surface area contributed by atoms with Gasteiger partial charge < -0.3 is 29.7 Å². The van der Waals surface area contributed by atoms with E-state index in [0.29, 0.717) is 43.1 Å². The molecule has 4 N–H and O–H groups in total. The average molecular weight is 469 g/mol. The molecule has 1 heterocycles. The molecule has 0 spiro atoms. The van der Waals surface area contributed by atoms with Crippen LogP contribution in [-0.2, 0) is 15.5 Å². The van der Waals surface area contributed by atoms with Crippen LogP contribution in [0.2, 0.25) is 0 Å². The SMILES string of the molecule is COc1cc(OC)cc(OCCC#Cc2ccc(CCC(C)(N)COP(=O)(O)O)s2)c1. The fourth-order valence-corrected chi connectivity index (χ4v) is 3.87. The van der Waals surface area contributed by atoms with Crippen molar-refractivity contribution < 1.29 is 33.1 Å². The molecule has 0 fully saturated rings. The Labute approximate surface area is 186 Å². The molecule has 0 aliphatic rings. The molecule has 0 saturated heterocycles. The lowest BCUT2D eigenvalue weighted by atomic mass is 9.98. The number of ether oxygens (including phenoxy) is 3. The number of hydrogen-bond acceptors (Lipinski definition) is 7. The maximum absolute atomic E-state index is 10.8. The number of nitrogens with two attached hydrogens (primary N) is 1. The van der Waals surface area contributed by atoms with E-state index in [0.717, 1.165) is 9.75 Å². The molecule has 0 amide bonds. The van der Waals surface area contributed by atoms with Crippen LogP contribution in [0.15, 0.2) is 30.3 Å². The molecule has 1 unspecified atom stereocenters. The zero-order valence-corrected chi connectivity index (χ0v) is 19.5. The molecule has 0 radical (unpaired) electrons. The van der Waals surface area contributed by atoms with Gasteiger partial charge in [-0.2, -0.15) is 0 Å². The van der Waals surface area contributed by atoms with Crippen LogP contribution in [-0.4, -0.2) is 42.8 Å². The Morgan fingerprint density at radius 1 is 1.13 bits per heavy atom. The summed E-state index contributed by atoms with van der Waals surface area (Å²) in [4.78, 5) is 19.6. The number of thiophene rings is 1. The van der Waals surface area contributed by atoms with Crippen molar-refractivity contribution >= 4 is 19.2 Å². The van der Waals surface area contributed by atoms with E-state index in [1.165, 1.54) is 0 Å². The third kappa shape index (κ3) is 9.74. The van der Waals surface area contributed by atoms with Crippen molar-refractivity contribution in [1.29, 1.82) is 0 Å². The molecule has 1 atom stereocenters. The van der Waals surface area contributed by atoms with Gasteiger partial charge in [0.05, 0.1) is 32.3 Å². The van der Waals surface area contributed by atoms with E-state index in [2.05, 4.69) is 16.4 Å². The van der Waals surface area contributed by atoms with Crippen molar-refractivity contribution in [2.24, 2.45) is 5.73 Å². The summed E-state index contributed by atoms with van der Waals surface area (Å²) in [6, 6.07) is 9.28. The van der Waals surface area contributed by atoms with Crippen LogP contribution >= 0.6 is 19.2 Å². The molecule has 1 aromatic carbocycles. The van der Waals surface area contributed by atoms with Gasteiger partial charge in [-0.3, -0.25) is 4.52 Å². The van der Waals surface area contributed by atoms with Gasteiger partial charge in [0.25, 0.3) is 0 Å². The smallest absolute Gasteiger partial charge is 0.469 e. The fourth-order valence-electron chi connectivity index (χ4n) is 2.53. The summed E-state index contributed by atoms with van der Waals surface area (Å²) in [6.45, 7) is 1.93. The quantitative estimate of drug-likeness (QED) is 0.260. The van der Waals surface area contributed by atoms with Gasteiger partial charge in [-0.1, -0.05) is 11.8 Å². The summed E-state index contributed by atoms with van der Waals surface area (Å²) in [5.74, 6) is 8.19. The van der Waals surface area contributed by atoms with Gasteiger partial charge in [-0.05, 0) is 31.9 Å². The van der Waals surface area contributed by atoms with E-state index in [9.17, 15) is 4.57 Å². The summed E-state index contributed by atoms with van der Waals surface area (Å²) in [6.07, 6.45) is 1.76. The molecule has 10 heteroatoms. The highest BCUT2D eigenvalue weighted by atomic mass is 32.1. The molecule has 170 valence electrons. The third-order valence-corrected chi connectivity index (χ3v) is 5.72. The molecular formula is C21H28NO7PS. The highest BCUT2D eigenvalue weighted by molar-refractivity contribution is 7.46. The molecule has 8 nitrogen and oxygen atoms in total. The molecule has 1 aromatic heterocycles. The van der Waals surface area contributed by atoms with E-state index in [1.807, 2.05) is 12.1 Å². The van der Waals surface area contributed by atoms with Crippen LogP contribution in [0.5, 0.6) is 17.2 Å². The Hall–Kier alpha value is -2.05. The predicted molar refractivity (Wildman–Crippen MR) is 120 cm³/mol. The first-order chi connectivity index (χ1) is 14.6. The van der Waals surface area contributed by atoms with Gasteiger partial charge in [0.1, 0.15) is 17.2 Å². The number of rotatable bonds is 11. The maximum Gasteiger partial charge on any atom is 0.469 e. The van der Waals surface area contributed by atoms with Crippen LogP contribution in [0.3, 0.4) is 0 Å². The lowest BCUT2D eigenvalue weighted by Crippen LogP contribution is -2.41. The Kier molecular flexibility index (Phi) is 9.38. The molecule has 0 bridgehead atoms. The average Bonchev–Trinajstić information content (AvgIpc) is 3.18. The van der Waals surface area contributed by atoms with E-state index in [4.69, 9.17) is 29.7 Å². The van der Waals surface area contributed by atoms with Gasteiger partial charge in [0.2, 0.25) is 0 Å². The summed E-state index contributed by atoms with van der Waals surface area (Å²) < 4.78 is 31.5. The third-order valence-electron chi connectivity index (χ3n) is 4.20. The van der Waals surface area contributed by atoms with Crippen molar-refractivity contribution in [3.63, 3.8) is 0 Å². The first kappa shape index (κ1) is 25.2. The first-order valence-electron chi connectivity index (χ1n) is 9.53. The van der Waals surface area contributed by atoms with Crippen LogP contribution in [0.25, 0.3) is 0 Å². The number of aryl methyl sites for hydroxylation is 1. The Balaban J connectivity index is 1.79. The van der Waals surface area contributed by atoms with Gasteiger partial charge >= 0.3 is 7.82 Å². The molecule has 0 aliphatic heterocycles. The van der Waals surface area contributed by atoms with E-state index >= 15 is 0 Å². The number of phosphoric acid groups is 1. The summed E-state index contributed by atoms with van der Waals surface area (Å²) in [5, 5.41) is 0. The van der Waals surface area contributed by atoms with Gasteiger partial charge in [-0.25, -0.2) is 4.57 Å². The van der Waals surface area contributed by atoms with Gasteiger partial charge in [0.15, 0.2) is 0 Å². The number of phosphoric ester groups is 1. The molecule has 0 aliphatic carbocycles. The monoisotopic (exact) mass is 469 g/mol. The largest absolute Gasteiger partial charge is 0.496 e. The second-order valence-corrected chi connectivity index (χ2v) is 9.54. The standard InChI is InChI=1S/C21H28NO7PS/c1-21(22,15-29-30(23,24)25)10-9-20-8-7-19(31-20)6-4-5-11-28-18-13-16(26-2)12-17(14-18)27-3/h7-8,12-14H,5,9-11,15,22H2,1-3H3,(H2,23,24,25). The van der Waals surface area contributed by atoms with E-state index < -0.39 is 13.4 Å². The molecule has 2 rings (SSSR count). The summed E-state index contributed by atoms with van der Waals surface area (Å²) in [5.41, 5.74) is 5.22. The Bertz CT molecular complexity index is 936. The van der Waals surface area contributed by atoms with Crippen molar-refractivity contribution in [3.05, 3.63) is 40.1 Å². The molecule has 31 heavy (non-hydrogen) atoms. The van der Waals surface area contributed by atoms with Crippen molar-refractivity contribution in [3.8, 4) is 29.1 Å². The highest BCUT2D eigenvalue weighted by Crippen LogP contribution is 2.37. The fraction of sp³-hybridized carbons (Fsp3) is 0.429. The number of hydrogen-bond donors (Lipinski definition) is 3. The van der Waals surface area contributed by atoms with Gasteiger partial charge in [-0.15, -0.1) is 11.3 Å². The van der Waals surface area contributed by atoms with Gasteiger partial charge in [0, 0.05) is 35.0 Å². The Morgan fingerprint density at radius 2 is 1.77 bits per heavy atom. The minimum absolute atomic E-state index is 0.214. The highest BCUT2D eigenvalue weighted by Gasteiger charge is 2.24. The van der Waals surface area contributed by atoms with Crippen molar-refractivity contribution in [2.75, 3.05) is 27.4 Å². The topological polar surface area (TPSA) is 120 Å². The lowest BCUT2D eigenvalue weighted by Gasteiger charge is -2.24. The molecule has 2 aromatic rings. The minimum atomic E-state index is -4.52. The van der Waals surface area contributed by atoms with E-state index in [1.54, 1.807) is 50.7 Å². The zero-order valence-electron chi connectivity index (χ0n) is 17.8. The van der Waals surface area contributed by atoms with Crippen LogP contribution < -0.4 is 19.9 Å². The van der Waals surface area contributed by atoms with Crippen LogP contribution in [0.4, 0.5) is 0 Å². The maximum atomic E-state index is 10.8. The molecular weight excluding hydrogens is 441 g/mol. The van der Waals surface area contributed by atoms with E-state index in [-0.39, 0.29) is 6.61 Å². The second kappa shape index (κ2) is 11.5. The lowest BCUT2D eigenvalue weighted by molar-refractivity contribution is 0.154. The minimum Gasteiger partial charge on any atom is -0.496 e. The second-order valence-electron chi connectivity index (χ2n) is 7.13. The van der Waals surface area contributed by atoms with Crippen molar-refractivity contribution in [2.45, 2.75) is 31.7 Å². The summed E-state index contributed by atoms with van der Waals surface area (Å²) >= 11 is 1.56. The first-order valence-corrected chi connectivity index (χ1v) is 11.9. The van der Waals surface area contributed by atoms with Crippen LogP contribution in [0, 0.1) is 11.8 Å². The summed E-state index contributed by atoms with van der Waals surface area (Å²) in [7, 11) is -1.35. The molecule has 0 saturated carbocycles. The van der Waals surface area contributed by atoms with Crippen molar-refractivity contribution in [1.82, 2.24) is 0 Å². The predicted octanol–water partition coefficient (Wildman–Crippen LogP) is 3.35. The number of methoxy groups -OCH3 is 2. The number of benzene rings is 1. The van der Waals surface area contributed by atoms with Crippen LogP contribution in [0.1, 0.15) is 29.5 Å². The zero-order chi connectivity index (χ0) is 22.9. The Morgan fingerprint density at radius 3 is 2.39 bits per heavy atom. The normalized spacial score (nSPS) is 13.1.